The van der Waals surface area contributed by atoms with Crippen molar-refractivity contribution in [2.45, 2.75) is 88.2 Å². The summed E-state index contributed by atoms with van der Waals surface area (Å²) >= 11 is 0. The van der Waals surface area contributed by atoms with E-state index in [4.69, 9.17) is 10.5 Å². The van der Waals surface area contributed by atoms with Crippen LogP contribution >= 0.6 is 0 Å². The Hall–Kier alpha value is -3.32. The fourth-order valence-corrected chi connectivity index (χ4v) is 6.40. The summed E-state index contributed by atoms with van der Waals surface area (Å²) in [5, 5.41) is 12.4. The van der Waals surface area contributed by atoms with Gasteiger partial charge >= 0.3 is 0 Å². The standard InChI is InChI=1S/C32H40FN5O3/c33-25-9-7-24(8-10-25)32(40)38-16-15-28(18-30(38)31(39)36-27-13-11-26(35)12-14-27)37(21-29-2-1-17-41-29)20-23-5-3-22(19-34)4-6-23/h3-10,26-30H,1-2,11-18,20-21,35H2,(H,36,39)/t26?,27?,28?,29?,30-/m1/s1. The van der Waals surface area contributed by atoms with E-state index in [2.05, 4.69) is 16.3 Å². The van der Waals surface area contributed by atoms with Gasteiger partial charge in [0.05, 0.1) is 17.7 Å². The lowest BCUT2D eigenvalue weighted by atomic mass is 9.90. The minimum Gasteiger partial charge on any atom is -0.377 e. The number of benzene rings is 2. The van der Waals surface area contributed by atoms with Gasteiger partial charge in [-0.25, -0.2) is 4.39 Å². The third kappa shape index (κ3) is 7.50. The summed E-state index contributed by atoms with van der Waals surface area (Å²) in [5.74, 6) is -0.800. The number of halogens is 1. The second-order valence-corrected chi connectivity index (χ2v) is 11.7. The molecule has 1 aliphatic carbocycles. The zero-order valence-corrected chi connectivity index (χ0v) is 23.5. The quantitative estimate of drug-likeness (QED) is 0.508. The van der Waals surface area contributed by atoms with Crippen LogP contribution in [-0.4, -0.2) is 71.6 Å². The molecule has 2 heterocycles. The smallest absolute Gasteiger partial charge is 0.254 e. The molecule has 41 heavy (non-hydrogen) atoms. The van der Waals surface area contributed by atoms with Gasteiger partial charge in [-0.3, -0.25) is 14.5 Å². The zero-order chi connectivity index (χ0) is 28.8. The second-order valence-electron chi connectivity index (χ2n) is 11.7. The average Bonchev–Trinajstić information content (AvgIpc) is 3.51. The molecule has 2 saturated heterocycles. The van der Waals surface area contributed by atoms with Gasteiger partial charge in [0.2, 0.25) is 5.91 Å². The van der Waals surface area contributed by atoms with Gasteiger partial charge in [0.1, 0.15) is 11.9 Å². The van der Waals surface area contributed by atoms with Crippen molar-refractivity contribution >= 4 is 11.8 Å². The first-order valence-electron chi connectivity index (χ1n) is 14.9. The van der Waals surface area contributed by atoms with Crippen molar-refractivity contribution in [2.75, 3.05) is 19.7 Å². The summed E-state index contributed by atoms with van der Waals surface area (Å²) in [5.41, 5.74) is 8.16. The molecule has 3 aliphatic rings. The van der Waals surface area contributed by atoms with E-state index in [-0.39, 0.29) is 36.0 Å². The Kier molecular flexibility index (Phi) is 9.65. The molecule has 1 saturated carbocycles. The van der Waals surface area contributed by atoms with Gasteiger partial charge in [0, 0.05) is 49.9 Å². The minimum atomic E-state index is -0.644. The first-order chi connectivity index (χ1) is 19.9. The van der Waals surface area contributed by atoms with E-state index in [1.807, 2.05) is 24.3 Å². The molecular formula is C32H40FN5O3. The Morgan fingerprint density at radius 3 is 2.44 bits per heavy atom. The van der Waals surface area contributed by atoms with Crippen LogP contribution in [0, 0.1) is 17.1 Å². The van der Waals surface area contributed by atoms with Crippen LogP contribution in [0.2, 0.25) is 0 Å². The van der Waals surface area contributed by atoms with Crippen LogP contribution in [0.15, 0.2) is 48.5 Å². The highest BCUT2D eigenvalue weighted by atomic mass is 19.1. The van der Waals surface area contributed by atoms with E-state index in [1.165, 1.54) is 24.3 Å². The number of nitriles is 1. The highest BCUT2D eigenvalue weighted by Gasteiger charge is 2.40. The number of hydrogen-bond acceptors (Lipinski definition) is 6. The third-order valence-corrected chi connectivity index (χ3v) is 8.79. The normalized spacial score (nSPS) is 26.5. The van der Waals surface area contributed by atoms with E-state index >= 15 is 0 Å². The molecule has 3 fully saturated rings. The SMILES string of the molecule is N#Cc1ccc(CN(CC2CCCO2)C2CCN(C(=O)c3ccc(F)cc3)[C@@H](C(=O)NC3CCC(N)CC3)C2)cc1. The Balaban J connectivity index is 1.37. The number of hydrogen-bond donors (Lipinski definition) is 2. The molecule has 0 aromatic heterocycles. The van der Waals surface area contributed by atoms with E-state index in [9.17, 15) is 19.2 Å². The largest absolute Gasteiger partial charge is 0.377 e. The molecule has 2 aromatic rings. The van der Waals surface area contributed by atoms with Crippen LogP contribution in [0.1, 0.15) is 72.9 Å². The molecule has 3 atom stereocenters. The van der Waals surface area contributed by atoms with Gasteiger partial charge in [-0.1, -0.05) is 12.1 Å². The molecule has 218 valence electrons. The van der Waals surface area contributed by atoms with E-state index < -0.39 is 11.9 Å². The van der Waals surface area contributed by atoms with Crippen molar-refractivity contribution in [3.63, 3.8) is 0 Å². The minimum absolute atomic E-state index is 0.0482. The van der Waals surface area contributed by atoms with Crippen molar-refractivity contribution in [1.82, 2.24) is 15.1 Å². The highest BCUT2D eigenvalue weighted by molar-refractivity contribution is 5.97. The van der Waals surface area contributed by atoms with Crippen LogP contribution in [0.3, 0.4) is 0 Å². The molecule has 2 aromatic carbocycles. The fraction of sp³-hybridized carbons (Fsp3) is 0.531. The molecule has 0 radical (unpaired) electrons. The van der Waals surface area contributed by atoms with Crippen LogP contribution in [-0.2, 0) is 16.1 Å². The molecule has 9 heteroatoms. The summed E-state index contributed by atoms with van der Waals surface area (Å²) in [6, 6.07) is 14.9. The molecule has 8 nitrogen and oxygen atoms in total. The van der Waals surface area contributed by atoms with Crippen LogP contribution in [0.4, 0.5) is 4.39 Å². The molecule has 0 bridgehead atoms. The average molecular weight is 562 g/mol. The van der Waals surface area contributed by atoms with E-state index in [1.54, 1.807) is 4.90 Å². The number of rotatable bonds is 8. The maximum atomic E-state index is 13.8. The topological polar surface area (TPSA) is 112 Å². The van der Waals surface area contributed by atoms with Gasteiger partial charge in [-0.15, -0.1) is 0 Å². The lowest BCUT2D eigenvalue weighted by Crippen LogP contribution is -2.59. The lowest BCUT2D eigenvalue weighted by Gasteiger charge is -2.44. The van der Waals surface area contributed by atoms with Crippen LogP contribution < -0.4 is 11.1 Å². The predicted octanol–water partition coefficient (Wildman–Crippen LogP) is 3.74. The molecule has 5 rings (SSSR count). The van der Waals surface area contributed by atoms with Crippen LogP contribution in [0.5, 0.6) is 0 Å². The number of ether oxygens (including phenoxy) is 1. The molecule has 2 amide bonds. The first kappa shape index (κ1) is 29.2. The molecule has 2 aliphatic heterocycles. The van der Waals surface area contributed by atoms with Gasteiger partial charge < -0.3 is 20.7 Å². The maximum Gasteiger partial charge on any atom is 0.254 e. The number of nitrogens with zero attached hydrogens (tertiary/aromatic N) is 3. The summed E-state index contributed by atoms with van der Waals surface area (Å²) in [7, 11) is 0. The number of nitrogens with one attached hydrogen (secondary N) is 1. The molecular weight excluding hydrogens is 521 g/mol. The monoisotopic (exact) mass is 561 g/mol. The maximum absolute atomic E-state index is 13.8. The Morgan fingerprint density at radius 1 is 1.05 bits per heavy atom. The van der Waals surface area contributed by atoms with Crippen molar-refractivity contribution < 1.29 is 18.7 Å². The van der Waals surface area contributed by atoms with Crippen LogP contribution in [0.25, 0.3) is 0 Å². The number of amides is 2. The molecule has 2 unspecified atom stereocenters. The number of carbonyl (C=O) groups excluding carboxylic acids is 2. The predicted molar refractivity (Wildman–Crippen MR) is 153 cm³/mol. The second kappa shape index (κ2) is 13.6. The first-order valence-corrected chi connectivity index (χ1v) is 14.9. The number of likely N-dealkylation sites (tertiary alicyclic amines) is 1. The zero-order valence-electron chi connectivity index (χ0n) is 23.5. The Morgan fingerprint density at radius 2 is 1.78 bits per heavy atom. The summed E-state index contributed by atoms with van der Waals surface area (Å²) < 4.78 is 19.6. The van der Waals surface area contributed by atoms with Crippen molar-refractivity contribution in [1.29, 1.82) is 5.26 Å². The summed E-state index contributed by atoms with van der Waals surface area (Å²) in [6.07, 6.45) is 6.77. The number of carbonyl (C=O) groups is 2. The van der Waals surface area contributed by atoms with Gasteiger partial charge in [0.25, 0.3) is 5.91 Å². The third-order valence-electron chi connectivity index (χ3n) is 8.79. The number of piperidine rings is 1. The van der Waals surface area contributed by atoms with Gasteiger partial charge in [-0.05, 0) is 93.3 Å². The Labute approximate surface area is 241 Å². The van der Waals surface area contributed by atoms with Crippen molar-refractivity contribution in [3.8, 4) is 6.07 Å². The van der Waals surface area contributed by atoms with E-state index in [0.717, 1.165) is 57.2 Å². The number of nitrogens with two attached hydrogens (primary N) is 1. The lowest BCUT2D eigenvalue weighted by molar-refractivity contribution is -0.128. The molecule has 3 N–H and O–H groups in total. The molecule has 0 spiro atoms. The van der Waals surface area contributed by atoms with Crippen molar-refractivity contribution in [3.05, 3.63) is 71.0 Å². The summed E-state index contributed by atoms with van der Waals surface area (Å²) in [6.45, 7) is 2.59. The Bertz CT molecular complexity index is 1220. The van der Waals surface area contributed by atoms with Gasteiger partial charge in [-0.2, -0.15) is 5.26 Å². The van der Waals surface area contributed by atoms with Gasteiger partial charge in [0.15, 0.2) is 0 Å². The van der Waals surface area contributed by atoms with Crippen molar-refractivity contribution in [2.24, 2.45) is 5.73 Å². The van der Waals surface area contributed by atoms with E-state index in [0.29, 0.717) is 37.1 Å². The fourth-order valence-electron chi connectivity index (χ4n) is 6.40. The highest BCUT2D eigenvalue weighted by Crippen LogP contribution is 2.28. The summed E-state index contributed by atoms with van der Waals surface area (Å²) in [4.78, 5) is 31.5.